The van der Waals surface area contributed by atoms with E-state index >= 15 is 0 Å². The summed E-state index contributed by atoms with van der Waals surface area (Å²) in [5.41, 5.74) is 0. The van der Waals surface area contributed by atoms with E-state index < -0.39 is 28.1 Å². The van der Waals surface area contributed by atoms with Gasteiger partial charge in [-0.3, -0.25) is 9.89 Å². The Hall–Kier alpha value is -1.45. The molecule has 1 aromatic heterocycles. The molecule has 0 aliphatic rings. The Balaban J connectivity index is 2.92. The summed E-state index contributed by atoms with van der Waals surface area (Å²) in [5, 5.41) is 23.2. The Morgan fingerprint density at radius 2 is 2.25 bits per heavy atom. The van der Waals surface area contributed by atoms with Crippen LogP contribution in [0.25, 0.3) is 0 Å². The first-order valence-corrected chi connectivity index (χ1v) is 5.75. The van der Waals surface area contributed by atoms with Crippen molar-refractivity contribution >= 4 is 16.0 Å². The van der Waals surface area contributed by atoms with Crippen molar-refractivity contribution in [2.75, 3.05) is 0 Å². The van der Waals surface area contributed by atoms with Crippen LogP contribution in [0.5, 0.6) is 0 Å². The number of aromatic amines is 1. The third-order valence-electron chi connectivity index (χ3n) is 1.80. The number of aliphatic hydroxyl groups excluding tert-OH is 1. The minimum Gasteiger partial charge on any atom is -0.480 e. The van der Waals surface area contributed by atoms with Gasteiger partial charge >= 0.3 is 5.97 Å². The Kier molecular flexibility index (Phi) is 3.62. The van der Waals surface area contributed by atoms with Crippen molar-refractivity contribution in [2.45, 2.75) is 24.1 Å². The largest absolute Gasteiger partial charge is 0.480 e. The van der Waals surface area contributed by atoms with Crippen LogP contribution in [-0.4, -0.2) is 46.9 Å². The lowest BCUT2D eigenvalue weighted by atomic mass is 10.2. The van der Waals surface area contributed by atoms with Gasteiger partial charge in [0, 0.05) is 0 Å². The standard InChI is InChI=1S/C7H11N3O5S/c1-4(11)6(7(12)13)10-16(14,15)5-2-3-8-9-5/h2-4,6,10-11H,1H3,(H,8,9)(H,12,13). The first-order chi connectivity index (χ1) is 7.34. The third-order valence-corrected chi connectivity index (χ3v) is 3.17. The number of aliphatic hydroxyl groups is 1. The number of sulfonamides is 1. The third kappa shape index (κ3) is 2.78. The zero-order valence-electron chi connectivity index (χ0n) is 8.28. The Labute approximate surface area is 91.3 Å². The normalized spacial score (nSPS) is 15.6. The molecule has 2 unspecified atom stereocenters. The van der Waals surface area contributed by atoms with Gasteiger partial charge in [0.05, 0.1) is 12.3 Å². The van der Waals surface area contributed by atoms with E-state index in [2.05, 4.69) is 10.2 Å². The van der Waals surface area contributed by atoms with Gasteiger partial charge in [0.2, 0.25) is 0 Å². The van der Waals surface area contributed by atoms with Crippen molar-refractivity contribution < 1.29 is 23.4 Å². The minimum absolute atomic E-state index is 0.264. The number of rotatable bonds is 5. The predicted octanol–water partition coefficient (Wildman–Crippen LogP) is -1.48. The highest BCUT2D eigenvalue weighted by molar-refractivity contribution is 7.89. The molecule has 2 atom stereocenters. The average Bonchev–Trinajstić information content (AvgIpc) is 2.66. The first-order valence-electron chi connectivity index (χ1n) is 4.27. The molecule has 0 fully saturated rings. The van der Waals surface area contributed by atoms with Crippen LogP contribution in [0.3, 0.4) is 0 Å². The van der Waals surface area contributed by atoms with Crippen molar-refractivity contribution in [3.05, 3.63) is 12.3 Å². The minimum atomic E-state index is -4.02. The fraction of sp³-hybridized carbons (Fsp3) is 0.429. The topological polar surface area (TPSA) is 132 Å². The van der Waals surface area contributed by atoms with E-state index in [0.29, 0.717) is 0 Å². The Bertz CT molecular complexity index is 452. The molecular weight excluding hydrogens is 238 g/mol. The molecule has 9 heteroatoms. The van der Waals surface area contributed by atoms with E-state index in [4.69, 9.17) is 10.2 Å². The monoisotopic (exact) mass is 249 g/mol. The number of carbonyl (C=O) groups is 1. The van der Waals surface area contributed by atoms with Gasteiger partial charge in [-0.15, -0.1) is 0 Å². The molecule has 0 saturated heterocycles. The van der Waals surface area contributed by atoms with Crippen LogP contribution in [0.4, 0.5) is 0 Å². The van der Waals surface area contributed by atoms with E-state index in [9.17, 15) is 13.2 Å². The maximum absolute atomic E-state index is 11.6. The molecule has 0 bridgehead atoms. The molecule has 4 N–H and O–H groups in total. The fourth-order valence-electron chi connectivity index (χ4n) is 0.979. The van der Waals surface area contributed by atoms with Gasteiger partial charge in [0.15, 0.2) is 5.03 Å². The lowest BCUT2D eigenvalue weighted by molar-refractivity contribution is -0.141. The number of nitrogens with one attached hydrogen (secondary N) is 2. The molecule has 1 heterocycles. The Morgan fingerprint density at radius 3 is 2.62 bits per heavy atom. The summed E-state index contributed by atoms with van der Waals surface area (Å²) in [6, 6.07) is -0.434. The second kappa shape index (κ2) is 4.60. The van der Waals surface area contributed by atoms with Crippen molar-refractivity contribution in [2.24, 2.45) is 0 Å². The lowest BCUT2D eigenvalue weighted by Crippen LogP contribution is -2.47. The van der Waals surface area contributed by atoms with Gasteiger partial charge in [-0.2, -0.15) is 9.82 Å². The van der Waals surface area contributed by atoms with Crippen LogP contribution >= 0.6 is 0 Å². The van der Waals surface area contributed by atoms with Crippen LogP contribution in [-0.2, 0) is 14.8 Å². The molecule has 0 amide bonds. The summed E-state index contributed by atoms with van der Waals surface area (Å²) in [6.07, 6.45) is -0.137. The van der Waals surface area contributed by atoms with Crippen LogP contribution in [0, 0.1) is 0 Å². The SMILES string of the molecule is CC(O)C(NS(=O)(=O)c1ccn[nH]1)C(=O)O. The number of H-pyrrole nitrogens is 1. The summed E-state index contributed by atoms with van der Waals surface area (Å²) in [6.45, 7) is 1.17. The van der Waals surface area contributed by atoms with Gasteiger partial charge in [-0.25, -0.2) is 8.42 Å². The molecule has 16 heavy (non-hydrogen) atoms. The maximum atomic E-state index is 11.6. The molecule has 0 radical (unpaired) electrons. The molecule has 0 spiro atoms. The number of carboxylic acids is 1. The highest BCUT2D eigenvalue weighted by Gasteiger charge is 2.29. The number of carboxylic acid groups (broad SMARTS) is 1. The highest BCUT2D eigenvalue weighted by atomic mass is 32.2. The summed E-state index contributed by atoms with van der Waals surface area (Å²) >= 11 is 0. The number of aromatic nitrogens is 2. The van der Waals surface area contributed by atoms with E-state index in [1.165, 1.54) is 19.2 Å². The van der Waals surface area contributed by atoms with Gasteiger partial charge < -0.3 is 10.2 Å². The molecule has 90 valence electrons. The van der Waals surface area contributed by atoms with Crippen LogP contribution in [0.2, 0.25) is 0 Å². The van der Waals surface area contributed by atoms with Crippen LogP contribution in [0.1, 0.15) is 6.92 Å². The van der Waals surface area contributed by atoms with E-state index in [1.54, 1.807) is 0 Å². The van der Waals surface area contributed by atoms with Crippen molar-refractivity contribution in [1.82, 2.24) is 14.9 Å². The molecular formula is C7H11N3O5S. The average molecular weight is 249 g/mol. The first kappa shape index (κ1) is 12.6. The van der Waals surface area contributed by atoms with Crippen LogP contribution in [0.15, 0.2) is 17.3 Å². The van der Waals surface area contributed by atoms with Gasteiger partial charge in [0.1, 0.15) is 6.04 Å². The van der Waals surface area contributed by atoms with Crippen LogP contribution < -0.4 is 4.72 Å². The smallest absolute Gasteiger partial charge is 0.324 e. The zero-order chi connectivity index (χ0) is 12.3. The molecule has 0 aromatic carbocycles. The van der Waals surface area contributed by atoms with E-state index in [1.807, 2.05) is 4.72 Å². The number of hydrogen-bond acceptors (Lipinski definition) is 5. The summed E-state index contributed by atoms with van der Waals surface area (Å²) in [4.78, 5) is 10.7. The number of aliphatic carboxylic acids is 1. The molecule has 0 aliphatic heterocycles. The highest BCUT2D eigenvalue weighted by Crippen LogP contribution is 2.05. The number of nitrogens with zero attached hydrogens (tertiary/aromatic N) is 1. The Morgan fingerprint density at radius 1 is 1.62 bits per heavy atom. The quantitative estimate of drug-likeness (QED) is 0.503. The summed E-state index contributed by atoms with van der Waals surface area (Å²) in [5.74, 6) is -1.46. The molecule has 1 aromatic rings. The van der Waals surface area contributed by atoms with E-state index in [0.717, 1.165) is 0 Å². The van der Waals surface area contributed by atoms with Crippen molar-refractivity contribution in [3.63, 3.8) is 0 Å². The predicted molar refractivity (Wildman–Crippen MR) is 52.0 cm³/mol. The molecule has 0 saturated carbocycles. The summed E-state index contributed by atoms with van der Waals surface area (Å²) in [7, 11) is -4.02. The fourth-order valence-corrected chi connectivity index (χ4v) is 2.15. The molecule has 1 rings (SSSR count). The van der Waals surface area contributed by atoms with Crippen molar-refractivity contribution in [1.29, 1.82) is 0 Å². The lowest BCUT2D eigenvalue weighted by Gasteiger charge is -2.16. The maximum Gasteiger partial charge on any atom is 0.324 e. The second-order valence-corrected chi connectivity index (χ2v) is 4.78. The second-order valence-electron chi connectivity index (χ2n) is 3.10. The molecule has 0 aliphatic carbocycles. The zero-order valence-corrected chi connectivity index (χ0v) is 9.10. The van der Waals surface area contributed by atoms with Gasteiger partial charge in [-0.1, -0.05) is 0 Å². The van der Waals surface area contributed by atoms with Gasteiger partial charge in [0.25, 0.3) is 10.0 Å². The molecule has 8 nitrogen and oxygen atoms in total. The van der Waals surface area contributed by atoms with Gasteiger partial charge in [-0.05, 0) is 13.0 Å². The van der Waals surface area contributed by atoms with Crippen molar-refractivity contribution in [3.8, 4) is 0 Å². The summed E-state index contributed by atoms with van der Waals surface area (Å²) < 4.78 is 25.0. The number of hydrogen-bond donors (Lipinski definition) is 4. The van der Waals surface area contributed by atoms with E-state index in [-0.39, 0.29) is 5.03 Å².